The molecule has 3 atom stereocenters. The van der Waals surface area contributed by atoms with Crippen molar-refractivity contribution in [3.05, 3.63) is 20.3 Å². The summed E-state index contributed by atoms with van der Waals surface area (Å²) in [6.07, 6.45) is 0.845. The molecule has 0 spiro atoms. The summed E-state index contributed by atoms with van der Waals surface area (Å²) < 4.78 is 6.51. The smallest absolute Gasteiger partial charge is 0.0944 e. The van der Waals surface area contributed by atoms with Crippen LogP contribution in [-0.4, -0.2) is 17.8 Å². The Balaban J connectivity index is 2.13. The van der Waals surface area contributed by atoms with E-state index >= 15 is 0 Å². The van der Waals surface area contributed by atoms with Gasteiger partial charge in [-0.3, -0.25) is 0 Å². The van der Waals surface area contributed by atoms with Crippen molar-refractivity contribution in [2.45, 2.75) is 32.5 Å². The first-order valence-corrected chi connectivity index (χ1v) is 6.74. The van der Waals surface area contributed by atoms with Crippen molar-refractivity contribution in [2.24, 2.45) is 5.92 Å². The van der Waals surface area contributed by atoms with Crippen LogP contribution in [0.25, 0.3) is 0 Å². The van der Waals surface area contributed by atoms with Crippen LogP contribution in [0.4, 0.5) is 0 Å². The van der Waals surface area contributed by atoms with Crippen molar-refractivity contribution >= 4 is 27.3 Å². The molecule has 4 heteroatoms. The fourth-order valence-corrected chi connectivity index (χ4v) is 3.95. The monoisotopic (exact) mass is 290 g/mol. The molecule has 3 unspecified atom stereocenters. The molecule has 0 aromatic carbocycles. The van der Waals surface area contributed by atoms with Crippen molar-refractivity contribution in [1.82, 2.24) is 0 Å². The molecule has 1 aromatic heterocycles. The van der Waals surface area contributed by atoms with Crippen molar-refractivity contribution in [3.63, 3.8) is 0 Å². The predicted molar refractivity (Wildman–Crippen MR) is 65.2 cm³/mol. The molecule has 0 amide bonds. The lowest BCUT2D eigenvalue weighted by Gasteiger charge is -2.15. The highest BCUT2D eigenvalue weighted by Crippen LogP contribution is 2.39. The number of ether oxygens (including phenoxy) is 1. The maximum absolute atomic E-state index is 10.2. The van der Waals surface area contributed by atoms with Gasteiger partial charge >= 0.3 is 0 Å². The number of aliphatic hydroxyl groups is 1. The first kappa shape index (κ1) is 11.6. The van der Waals surface area contributed by atoms with E-state index in [1.165, 1.54) is 4.88 Å². The van der Waals surface area contributed by atoms with Gasteiger partial charge in [0.2, 0.25) is 0 Å². The van der Waals surface area contributed by atoms with Crippen LogP contribution in [0, 0.1) is 12.8 Å². The third kappa shape index (κ3) is 2.44. The highest BCUT2D eigenvalue weighted by Gasteiger charge is 2.31. The molecule has 15 heavy (non-hydrogen) atoms. The number of aliphatic hydroxyl groups excluding tert-OH is 1. The van der Waals surface area contributed by atoms with Gasteiger partial charge in [0.25, 0.3) is 0 Å². The summed E-state index contributed by atoms with van der Waals surface area (Å²) in [6.45, 7) is 4.78. The fraction of sp³-hybridized carbons (Fsp3) is 0.636. The zero-order valence-corrected chi connectivity index (χ0v) is 11.3. The molecular formula is C11H15BrO2S. The Morgan fingerprint density at radius 2 is 2.40 bits per heavy atom. The summed E-state index contributed by atoms with van der Waals surface area (Å²) in [6, 6.07) is 2.06. The summed E-state index contributed by atoms with van der Waals surface area (Å²) in [5.74, 6) is 0.245. The Morgan fingerprint density at radius 3 is 2.87 bits per heavy atom. The van der Waals surface area contributed by atoms with Gasteiger partial charge in [0.1, 0.15) is 0 Å². The molecule has 0 bridgehead atoms. The number of hydrogen-bond donors (Lipinski definition) is 1. The Hall–Kier alpha value is 0.1000. The van der Waals surface area contributed by atoms with Crippen LogP contribution < -0.4 is 0 Å². The Kier molecular flexibility index (Phi) is 3.50. The lowest BCUT2D eigenvalue weighted by molar-refractivity contribution is 0.0819. The molecule has 0 radical (unpaired) electrons. The summed E-state index contributed by atoms with van der Waals surface area (Å²) in [7, 11) is 0. The summed E-state index contributed by atoms with van der Waals surface area (Å²) in [5, 5.41) is 10.2. The van der Waals surface area contributed by atoms with Gasteiger partial charge in [0, 0.05) is 20.1 Å². The number of thiophene rings is 1. The van der Waals surface area contributed by atoms with E-state index in [1.54, 1.807) is 11.3 Å². The minimum atomic E-state index is -0.386. The van der Waals surface area contributed by atoms with Crippen LogP contribution >= 0.6 is 27.3 Å². The first-order chi connectivity index (χ1) is 7.08. The molecule has 84 valence electrons. The zero-order chi connectivity index (χ0) is 11.0. The van der Waals surface area contributed by atoms with Crippen molar-refractivity contribution in [3.8, 4) is 0 Å². The van der Waals surface area contributed by atoms with Gasteiger partial charge in [-0.25, -0.2) is 0 Å². The maximum atomic E-state index is 10.2. The van der Waals surface area contributed by atoms with Gasteiger partial charge in [-0.05, 0) is 42.3 Å². The molecular weight excluding hydrogens is 276 g/mol. The first-order valence-electron chi connectivity index (χ1n) is 5.13. The molecule has 2 nitrogen and oxygen atoms in total. The third-order valence-corrected chi connectivity index (χ3v) is 4.82. The van der Waals surface area contributed by atoms with Gasteiger partial charge in [-0.2, -0.15) is 0 Å². The molecule has 0 aliphatic carbocycles. The number of halogens is 1. The van der Waals surface area contributed by atoms with E-state index in [0.29, 0.717) is 6.61 Å². The van der Waals surface area contributed by atoms with Gasteiger partial charge in [-0.1, -0.05) is 0 Å². The molecule has 1 aromatic rings. The molecule has 2 heterocycles. The van der Waals surface area contributed by atoms with Crippen LogP contribution in [-0.2, 0) is 4.74 Å². The van der Waals surface area contributed by atoms with Crippen molar-refractivity contribution < 1.29 is 9.84 Å². The standard InChI is InChI=1S/C11H15BrO2S/c1-6-3-8(5-14-6)10(13)11-9(12)4-7(2)15-11/h4,6,8,10,13H,3,5H2,1-2H3. The molecule has 1 saturated heterocycles. The second kappa shape index (κ2) is 4.53. The van der Waals surface area contributed by atoms with E-state index in [-0.39, 0.29) is 18.1 Å². The SMILES string of the molecule is Cc1cc(Br)c(C(O)C2COC(C)C2)s1. The van der Waals surface area contributed by atoms with Gasteiger partial charge in [-0.15, -0.1) is 11.3 Å². The van der Waals surface area contributed by atoms with E-state index in [4.69, 9.17) is 4.74 Å². The molecule has 0 saturated carbocycles. The van der Waals surface area contributed by atoms with Gasteiger partial charge in [0.15, 0.2) is 0 Å². The predicted octanol–water partition coefficient (Wildman–Crippen LogP) is 3.28. The lowest BCUT2D eigenvalue weighted by Crippen LogP contribution is -2.11. The third-order valence-electron chi connectivity index (χ3n) is 2.78. The topological polar surface area (TPSA) is 29.5 Å². The Morgan fingerprint density at radius 1 is 1.67 bits per heavy atom. The normalized spacial score (nSPS) is 28.3. The summed E-state index contributed by atoms with van der Waals surface area (Å²) in [5.41, 5.74) is 0. The quantitative estimate of drug-likeness (QED) is 0.906. The molecule has 1 aliphatic heterocycles. The number of hydrogen-bond acceptors (Lipinski definition) is 3. The largest absolute Gasteiger partial charge is 0.387 e. The maximum Gasteiger partial charge on any atom is 0.0944 e. The molecule has 2 rings (SSSR count). The molecule has 1 N–H and O–H groups in total. The van der Waals surface area contributed by atoms with Crippen LogP contribution in [0.2, 0.25) is 0 Å². The van der Waals surface area contributed by atoms with Crippen LogP contribution in [0.3, 0.4) is 0 Å². The molecule has 1 aliphatic rings. The van der Waals surface area contributed by atoms with Crippen molar-refractivity contribution in [2.75, 3.05) is 6.61 Å². The highest BCUT2D eigenvalue weighted by atomic mass is 79.9. The van der Waals surface area contributed by atoms with Crippen molar-refractivity contribution in [1.29, 1.82) is 0 Å². The summed E-state index contributed by atoms with van der Waals surface area (Å²) in [4.78, 5) is 2.26. The van der Waals surface area contributed by atoms with Gasteiger partial charge < -0.3 is 9.84 Å². The Bertz CT molecular complexity index is 350. The van der Waals surface area contributed by atoms with E-state index in [2.05, 4.69) is 35.8 Å². The fourth-order valence-electron chi connectivity index (χ4n) is 1.99. The Labute approximate surface area is 102 Å². The lowest BCUT2D eigenvalue weighted by atomic mass is 9.98. The summed E-state index contributed by atoms with van der Waals surface area (Å²) >= 11 is 5.15. The minimum absolute atomic E-state index is 0.245. The highest BCUT2D eigenvalue weighted by molar-refractivity contribution is 9.10. The second-order valence-electron chi connectivity index (χ2n) is 4.15. The van der Waals surface area contributed by atoms with Crippen LogP contribution in [0.5, 0.6) is 0 Å². The second-order valence-corrected chi connectivity index (χ2v) is 6.30. The zero-order valence-electron chi connectivity index (χ0n) is 8.87. The van der Waals surface area contributed by atoms with Crippen LogP contribution in [0.1, 0.15) is 29.2 Å². The average Bonchev–Trinajstić information content (AvgIpc) is 2.71. The van der Waals surface area contributed by atoms with E-state index in [0.717, 1.165) is 15.8 Å². The van der Waals surface area contributed by atoms with E-state index in [9.17, 15) is 5.11 Å². The van der Waals surface area contributed by atoms with E-state index < -0.39 is 0 Å². The van der Waals surface area contributed by atoms with Gasteiger partial charge in [0.05, 0.1) is 18.8 Å². The molecule has 1 fully saturated rings. The number of rotatable bonds is 2. The number of aryl methyl sites for hydroxylation is 1. The van der Waals surface area contributed by atoms with Crippen LogP contribution in [0.15, 0.2) is 10.5 Å². The van der Waals surface area contributed by atoms with E-state index in [1.807, 2.05) is 0 Å². The minimum Gasteiger partial charge on any atom is -0.387 e. The average molecular weight is 291 g/mol.